The maximum absolute atomic E-state index is 12.4. The lowest BCUT2D eigenvalue weighted by Gasteiger charge is -2.18. The number of rotatable bonds is 8. The molecular formula is C24H31IN4O3. The molecule has 2 heterocycles. The topological polar surface area (TPSA) is 75.2 Å². The first-order valence-corrected chi connectivity index (χ1v) is 10.9. The highest BCUT2D eigenvalue weighted by molar-refractivity contribution is 14.0. The molecule has 1 amide bonds. The van der Waals surface area contributed by atoms with Gasteiger partial charge in [-0.1, -0.05) is 36.4 Å². The van der Waals surface area contributed by atoms with Crippen LogP contribution in [0.4, 0.5) is 0 Å². The third-order valence-corrected chi connectivity index (χ3v) is 5.73. The molecule has 1 saturated heterocycles. The number of amides is 1. The highest BCUT2D eigenvalue weighted by Crippen LogP contribution is 2.32. The van der Waals surface area contributed by atoms with Crippen molar-refractivity contribution in [2.24, 2.45) is 10.9 Å². The number of halogens is 1. The van der Waals surface area contributed by atoms with Crippen LogP contribution in [0, 0.1) is 5.92 Å². The van der Waals surface area contributed by atoms with Crippen molar-refractivity contribution in [1.82, 2.24) is 15.5 Å². The minimum absolute atomic E-state index is 0. The summed E-state index contributed by atoms with van der Waals surface area (Å²) in [6.45, 7) is 3.36. The summed E-state index contributed by atoms with van der Waals surface area (Å²) < 4.78 is 10.8. The maximum Gasteiger partial charge on any atom is 0.231 e. The number of nitrogens with one attached hydrogen (secondary N) is 2. The number of ether oxygens (including phenoxy) is 2. The molecule has 0 radical (unpaired) electrons. The van der Waals surface area contributed by atoms with Crippen molar-refractivity contribution in [3.05, 3.63) is 59.7 Å². The van der Waals surface area contributed by atoms with Crippen LogP contribution < -0.4 is 20.1 Å². The number of hydrogen-bond donors (Lipinski definition) is 2. The monoisotopic (exact) mass is 550 g/mol. The summed E-state index contributed by atoms with van der Waals surface area (Å²) in [5, 5.41) is 6.72. The molecule has 0 saturated carbocycles. The van der Waals surface area contributed by atoms with Gasteiger partial charge in [-0.25, -0.2) is 0 Å². The van der Waals surface area contributed by atoms with Crippen LogP contribution in [0.15, 0.2) is 53.5 Å². The van der Waals surface area contributed by atoms with Gasteiger partial charge in [0.25, 0.3) is 0 Å². The molecule has 0 spiro atoms. The van der Waals surface area contributed by atoms with E-state index in [2.05, 4.69) is 33.8 Å². The Balaban J connectivity index is 0.00000289. The van der Waals surface area contributed by atoms with Crippen molar-refractivity contribution in [2.75, 3.05) is 40.0 Å². The SMILES string of the molecule is CN=C(NCCc1ccc2c(c1)OCO2)NCC1CC(=O)N(CCc2ccccc2)C1.I. The number of nitrogens with zero attached hydrogens (tertiary/aromatic N) is 2. The second-order valence-corrected chi connectivity index (χ2v) is 7.96. The van der Waals surface area contributed by atoms with Gasteiger partial charge in [0.1, 0.15) is 0 Å². The number of fused-ring (bicyclic) bond motifs is 1. The summed E-state index contributed by atoms with van der Waals surface area (Å²) >= 11 is 0. The molecule has 8 heteroatoms. The van der Waals surface area contributed by atoms with E-state index >= 15 is 0 Å². The van der Waals surface area contributed by atoms with Gasteiger partial charge in [0.2, 0.25) is 12.7 Å². The summed E-state index contributed by atoms with van der Waals surface area (Å²) in [6, 6.07) is 16.3. The van der Waals surface area contributed by atoms with E-state index in [1.54, 1.807) is 7.05 Å². The zero-order valence-electron chi connectivity index (χ0n) is 18.4. The molecule has 2 aliphatic heterocycles. The van der Waals surface area contributed by atoms with E-state index < -0.39 is 0 Å². The Morgan fingerprint density at radius 1 is 1.06 bits per heavy atom. The van der Waals surface area contributed by atoms with Crippen LogP contribution in [-0.2, 0) is 17.6 Å². The van der Waals surface area contributed by atoms with Crippen LogP contribution in [0.5, 0.6) is 11.5 Å². The van der Waals surface area contributed by atoms with Crippen LogP contribution in [-0.4, -0.2) is 56.8 Å². The van der Waals surface area contributed by atoms with E-state index in [9.17, 15) is 4.79 Å². The largest absolute Gasteiger partial charge is 0.454 e. The number of benzene rings is 2. The molecule has 0 aliphatic carbocycles. The van der Waals surface area contributed by atoms with Gasteiger partial charge in [0.05, 0.1) is 0 Å². The fraction of sp³-hybridized carbons (Fsp3) is 0.417. The zero-order valence-corrected chi connectivity index (χ0v) is 20.7. The van der Waals surface area contributed by atoms with Gasteiger partial charge in [0, 0.05) is 45.6 Å². The Hall–Kier alpha value is -2.49. The van der Waals surface area contributed by atoms with Crippen LogP contribution in [0.2, 0.25) is 0 Å². The smallest absolute Gasteiger partial charge is 0.231 e. The van der Waals surface area contributed by atoms with E-state index in [1.165, 1.54) is 11.1 Å². The number of carbonyl (C=O) groups excluding carboxylic acids is 1. The Kier molecular flexibility index (Phi) is 9.01. The second-order valence-electron chi connectivity index (χ2n) is 7.96. The first-order valence-electron chi connectivity index (χ1n) is 10.9. The highest BCUT2D eigenvalue weighted by Gasteiger charge is 2.29. The van der Waals surface area contributed by atoms with Crippen molar-refractivity contribution in [2.45, 2.75) is 19.3 Å². The van der Waals surface area contributed by atoms with E-state index in [4.69, 9.17) is 9.47 Å². The lowest BCUT2D eigenvalue weighted by molar-refractivity contribution is -0.127. The summed E-state index contributed by atoms with van der Waals surface area (Å²) in [5.41, 5.74) is 2.45. The lowest BCUT2D eigenvalue weighted by atomic mass is 10.1. The molecule has 2 N–H and O–H groups in total. The van der Waals surface area contributed by atoms with Crippen molar-refractivity contribution in [1.29, 1.82) is 0 Å². The van der Waals surface area contributed by atoms with Crippen molar-refractivity contribution in [3.63, 3.8) is 0 Å². The first-order chi connectivity index (χ1) is 15.2. The van der Waals surface area contributed by atoms with E-state index in [0.717, 1.165) is 56.5 Å². The fourth-order valence-corrected chi connectivity index (χ4v) is 4.00. The Morgan fingerprint density at radius 3 is 2.69 bits per heavy atom. The molecule has 1 unspecified atom stereocenters. The van der Waals surface area contributed by atoms with Crippen LogP contribution in [0.25, 0.3) is 0 Å². The first kappa shape index (κ1) is 24.2. The number of likely N-dealkylation sites (tertiary alicyclic amines) is 1. The van der Waals surface area contributed by atoms with Crippen molar-refractivity contribution < 1.29 is 14.3 Å². The minimum atomic E-state index is 0. The molecule has 2 aliphatic rings. The lowest BCUT2D eigenvalue weighted by Crippen LogP contribution is -2.41. The number of hydrogen-bond acceptors (Lipinski definition) is 4. The average Bonchev–Trinajstić information content (AvgIpc) is 3.41. The zero-order chi connectivity index (χ0) is 21.5. The van der Waals surface area contributed by atoms with E-state index in [0.29, 0.717) is 19.1 Å². The summed E-state index contributed by atoms with van der Waals surface area (Å²) in [6.07, 6.45) is 2.35. The van der Waals surface area contributed by atoms with Gasteiger partial charge in [-0.05, 0) is 36.1 Å². The molecule has 1 fully saturated rings. The standard InChI is InChI=1S/C24H30N4O3.HI/c1-25-24(26-11-9-19-7-8-21-22(13-19)31-17-30-21)27-15-20-14-23(29)28(16-20)12-10-18-5-3-2-4-6-18;/h2-8,13,20H,9-12,14-17H2,1H3,(H2,25,26,27);1H. The Morgan fingerprint density at radius 2 is 1.88 bits per heavy atom. The predicted molar refractivity (Wildman–Crippen MR) is 136 cm³/mol. The molecule has 0 aromatic heterocycles. The van der Waals surface area contributed by atoms with Gasteiger partial charge < -0.3 is 25.0 Å². The van der Waals surface area contributed by atoms with E-state index in [-0.39, 0.29) is 29.9 Å². The average molecular weight is 550 g/mol. The second kappa shape index (κ2) is 11.9. The predicted octanol–water partition coefficient (Wildman–Crippen LogP) is 2.83. The number of aliphatic imine (C=N–C) groups is 1. The van der Waals surface area contributed by atoms with Crippen LogP contribution in [0.3, 0.4) is 0 Å². The van der Waals surface area contributed by atoms with Gasteiger partial charge in [-0.15, -0.1) is 24.0 Å². The highest BCUT2D eigenvalue weighted by atomic mass is 127. The normalized spacial score (nSPS) is 17.3. The fourth-order valence-electron chi connectivity index (χ4n) is 4.00. The molecule has 2 aromatic carbocycles. The molecular weight excluding hydrogens is 519 g/mol. The summed E-state index contributed by atoms with van der Waals surface area (Å²) in [5.74, 6) is 2.92. The molecule has 7 nitrogen and oxygen atoms in total. The number of carbonyl (C=O) groups is 1. The molecule has 4 rings (SSSR count). The molecule has 0 bridgehead atoms. The molecule has 1 atom stereocenters. The quantitative estimate of drug-likeness (QED) is 0.301. The third-order valence-electron chi connectivity index (χ3n) is 5.73. The van der Waals surface area contributed by atoms with Gasteiger partial charge in [-0.3, -0.25) is 9.79 Å². The molecule has 32 heavy (non-hydrogen) atoms. The summed E-state index contributed by atoms with van der Waals surface area (Å²) in [4.78, 5) is 18.6. The maximum atomic E-state index is 12.4. The van der Waals surface area contributed by atoms with Crippen molar-refractivity contribution >= 4 is 35.8 Å². The van der Waals surface area contributed by atoms with Crippen LogP contribution >= 0.6 is 24.0 Å². The van der Waals surface area contributed by atoms with Crippen molar-refractivity contribution in [3.8, 4) is 11.5 Å². The van der Waals surface area contributed by atoms with Gasteiger partial charge in [0.15, 0.2) is 17.5 Å². The number of guanidine groups is 1. The Labute approximate surface area is 206 Å². The minimum Gasteiger partial charge on any atom is -0.454 e. The van der Waals surface area contributed by atoms with Gasteiger partial charge >= 0.3 is 0 Å². The summed E-state index contributed by atoms with van der Waals surface area (Å²) in [7, 11) is 1.77. The van der Waals surface area contributed by atoms with Gasteiger partial charge in [-0.2, -0.15) is 0 Å². The molecule has 2 aromatic rings. The van der Waals surface area contributed by atoms with E-state index in [1.807, 2.05) is 35.2 Å². The third kappa shape index (κ3) is 6.51. The Bertz CT molecular complexity index is 923. The van der Waals surface area contributed by atoms with Crippen LogP contribution in [0.1, 0.15) is 17.5 Å². The molecule has 172 valence electrons.